The number of fused-ring (bicyclic) bond motifs is 1. The second kappa shape index (κ2) is 5.56. The number of aryl methyl sites for hydroxylation is 1. The molecule has 0 unspecified atom stereocenters. The van der Waals surface area contributed by atoms with Gasteiger partial charge in [-0.25, -0.2) is 9.97 Å². The minimum absolute atomic E-state index is 0.620. The monoisotopic (exact) mass is 285 g/mol. The summed E-state index contributed by atoms with van der Waals surface area (Å²) in [6.45, 7) is 2.89. The van der Waals surface area contributed by atoms with Gasteiger partial charge < -0.3 is 10.1 Å². The molecule has 4 nitrogen and oxygen atoms in total. The van der Waals surface area contributed by atoms with Crippen LogP contribution in [0.5, 0.6) is 11.6 Å². The van der Waals surface area contributed by atoms with Crippen molar-refractivity contribution in [3.05, 3.63) is 47.1 Å². The molecule has 0 spiro atoms. The largest absolute Gasteiger partial charge is 0.437 e. The van der Waals surface area contributed by atoms with Gasteiger partial charge in [0.2, 0.25) is 5.88 Å². The van der Waals surface area contributed by atoms with Crippen molar-refractivity contribution in [1.82, 2.24) is 15.3 Å². The Morgan fingerprint density at radius 1 is 1.20 bits per heavy atom. The summed E-state index contributed by atoms with van der Waals surface area (Å²) in [6.07, 6.45) is 1.55. The molecule has 0 radical (unpaired) electrons. The Balaban J connectivity index is 1.89. The lowest BCUT2D eigenvalue weighted by atomic mass is 10.2. The summed E-state index contributed by atoms with van der Waals surface area (Å²) in [7, 11) is 1.93. The van der Waals surface area contributed by atoms with E-state index in [9.17, 15) is 0 Å². The molecule has 0 amide bonds. The molecule has 2 aromatic heterocycles. The summed E-state index contributed by atoms with van der Waals surface area (Å²) in [5, 5.41) is 5.19. The van der Waals surface area contributed by atoms with E-state index in [-0.39, 0.29) is 0 Å². The van der Waals surface area contributed by atoms with Crippen LogP contribution in [0.15, 0.2) is 36.0 Å². The van der Waals surface area contributed by atoms with Gasteiger partial charge in [0.1, 0.15) is 16.8 Å². The summed E-state index contributed by atoms with van der Waals surface area (Å²) < 4.78 is 6.87. The predicted molar refractivity (Wildman–Crippen MR) is 81.4 cm³/mol. The molecule has 0 saturated heterocycles. The number of rotatable bonds is 4. The maximum Gasteiger partial charge on any atom is 0.240 e. The average Bonchev–Trinajstić information content (AvgIpc) is 2.84. The molecular formula is C15H15N3OS. The first kappa shape index (κ1) is 13.0. The summed E-state index contributed by atoms with van der Waals surface area (Å²) >= 11 is 1.61. The van der Waals surface area contributed by atoms with E-state index < -0.39 is 0 Å². The maximum absolute atomic E-state index is 5.88. The predicted octanol–water partition coefficient (Wildman–Crippen LogP) is 3.51. The summed E-state index contributed by atoms with van der Waals surface area (Å²) in [5.74, 6) is 1.41. The Kier molecular flexibility index (Phi) is 3.62. The van der Waals surface area contributed by atoms with Crippen molar-refractivity contribution < 1.29 is 4.74 Å². The van der Waals surface area contributed by atoms with Gasteiger partial charge in [0.25, 0.3) is 0 Å². The number of thiophene rings is 1. The summed E-state index contributed by atoms with van der Waals surface area (Å²) in [5.41, 5.74) is 3.34. The van der Waals surface area contributed by atoms with Crippen LogP contribution in [0, 0.1) is 6.92 Å². The van der Waals surface area contributed by atoms with Crippen LogP contribution in [-0.2, 0) is 6.54 Å². The average molecular weight is 285 g/mol. The smallest absolute Gasteiger partial charge is 0.240 e. The Morgan fingerprint density at radius 2 is 2.00 bits per heavy atom. The van der Waals surface area contributed by atoms with E-state index in [2.05, 4.69) is 20.7 Å². The van der Waals surface area contributed by atoms with Gasteiger partial charge in [0.05, 0.1) is 5.52 Å². The van der Waals surface area contributed by atoms with Gasteiger partial charge >= 0.3 is 0 Å². The van der Waals surface area contributed by atoms with Crippen LogP contribution < -0.4 is 10.1 Å². The Morgan fingerprint density at radius 3 is 2.75 bits per heavy atom. The first-order valence-corrected chi connectivity index (χ1v) is 7.26. The van der Waals surface area contributed by atoms with Crippen LogP contribution in [0.1, 0.15) is 11.1 Å². The van der Waals surface area contributed by atoms with Crippen molar-refractivity contribution in [1.29, 1.82) is 0 Å². The van der Waals surface area contributed by atoms with Crippen LogP contribution in [0.4, 0.5) is 0 Å². The van der Waals surface area contributed by atoms with Crippen molar-refractivity contribution in [3.63, 3.8) is 0 Å². The first-order chi connectivity index (χ1) is 9.78. The lowest BCUT2D eigenvalue weighted by Gasteiger charge is -2.06. The lowest BCUT2D eigenvalue weighted by Crippen LogP contribution is -2.04. The van der Waals surface area contributed by atoms with E-state index in [4.69, 9.17) is 4.74 Å². The van der Waals surface area contributed by atoms with Gasteiger partial charge in [0.15, 0.2) is 0 Å². The molecule has 0 fully saturated rings. The number of aromatic nitrogens is 2. The zero-order chi connectivity index (χ0) is 13.9. The summed E-state index contributed by atoms with van der Waals surface area (Å²) in [6, 6.07) is 8.01. The van der Waals surface area contributed by atoms with Crippen molar-refractivity contribution >= 4 is 21.6 Å². The molecule has 20 heavy (non-hydrogen) atoms. The molecule has 3 rings (SSSR count). The molecule has 1 aromatic carbocycles. The highest BCUT2D eigenvalue weighted by molar-refractivity contribution is 7.17. The van der Waals surface area contributed by atoms with Crippen LogP contribution in [-0.4, -0.2) is 17.0 Å². The highest BCUT2D eigenvalue weighted by Gasteiger charge is 2.09. The SMILES string of the molecule is CNCc1ccc(Oc2ncnc3c(C)csc23)cc1. The van der Waals surface area contributed by atoms with E-state index in [1.54, 1.807) is 17.7 Å². The zero-order valence-electron chi connectivity index (χ0n) is 11.4. The molecule has 1 N–H and O–H groups in total. The second-order valence-electron chi connectivity index (χ2n) is 4.55. The zero-order valence-corrected chi connectivity index (χ0v) is 12.2. The first-order valence-electron chi connectivity index (χ1n) is 6.38. The molecule has 0 atom stereocenters. The van der Waals surface area contributed by atoms with Gasteiger partial charge in [-0.05, 0) is 42.6 Å². The maximum atomic E-state index is 5.88. The fourth-order valence-corrected chi connectivity index (χ4v) is 2.94. The van der Waals surface area contributed by atoms with Crippen molar-refractivity contribution in [2.24, 2.45) is 0 Å². The highest BCUT2D eigenvalue weighted by Crippen LogP contribution is 2.32. The van der Waals surface area contributed by atoms with E-state index in [1.807, 2.05) is 38.2 Å². The van der Waals surface area contributed by atoms with Gasteiger partial charge in [-0.3, -0.25) is 0 Å². The molecule has 2 heterocycles. The number of hydrogen-bond donors (Lipinski definition) is 1. The lowest BCUT2D eigenvalue weighted by molar-refractivity contribution is 0.469. The standard InChI is InChI=1S/C15H15N3OS/c1-10-8-20-14-13(10)17-9-18-15(14)19-12-5-3-11(4-6-12)7-16-2/h3-6,8-9,16H,7H2,1-2H3. The van der Waals surface area contributed by atoms with Crippen LogP contribution in [0.25, 0.3) is 10.2 Å². The molecule has 0 aliphatic rings. The van der Waals surface area contributed by atoms with Gasteiger partial charge in [-0.1, -0.05) is 12.1 Å². The fourth-order valence-electron chi connectivity index (χ4n) is 2.01. The van der Waals surface area contributed by atoms with Gasteiger partial charge in [-0.15, -0.1) is 11.3 Å². The van der Waals surface area contributed by atoms with E-state index in [0.717, 1.165) is 28.1 Å². The molecule has 5 heteroatoms. The second-order valence-corrected chi connectivity index (χ2v) is 5.43. The molecule has 0 aliphatic heterocycles. The number of nitrogens with zero attached hydrogens (tertiary/aromatic N) is 2. The van der Waals surface area contributed by atoms with Crippen LogP contribution in [0.3, 0.4) is 0 Å². The molecule has 102 valence electrons. The van der Waals surface area contributed by atoms with Crippen molar-refractivity contribution in [2.45, 2.75) is 13.5 Å². The van der Waals surface area contributed by atoms with Gasteiger partial charge in [0, 0.05) is 6.54 Å². The van der Waals surface area contributed by atoms with E-state index >= 15 is 0 Å². The number of benzene rings is 1. The Bertz CT molecular complexity index is 722. The highest BCUT2D eigenvalue weighted by atomic mass is 32.1. The van der Waals surface area contributed by atoms with E-state index in [0.29, 0.717) is 5.88 Å². The molecule has 3 aromatic rings. The molecule has 0 bridgehead atoms. The van der Waals surface area contributed by atoms with E-state index in [1.165, 1.54) is 5.56 Å². The Labute approximate surface area is 121 Å². The van der Waals surface area contributed by atoms with Crippen LogP contribution in [0.2, 0.25) is 0 Å². The van der Waals surface area contributed by atoms with Crippen LogP contribution >= 0.6 is 11.3 Å². The molecule has 0 aliphatic carbocycles. The quantitative estimate of drug-likeness (QED) is 0.797. The number of nitrogens with one attached hydrogen (secondary N) is 1. The third-order valence-corrected chi connectivity index (χ3v) is 4.09. The third kappa shape index (κ3) is 2.50. The fraction of sp³-hybridized carbons (Fsp3) is 0.200. The molecule has 0 saturated carbocycles. The Hall–Kier alpha value is -1.98. The van der Waals surface area contributed by atoms with Gasteiger partial charge in [-0.2, -0.15) is 0 Å². The molecular weight excluding hydrogens is 270 g/mol. The number of hydrogen-bond acceptors (Lipinski definition) is 5. The minimum atomic E-state index is 0.620. The third-order valence-electron chi connectivity index (χ3n) is 3.02. The normalized spacial score (nSPS) is 10.9. The minimum Gasteiger partial charge on any atom is -0.437 e. The van der Waals surface area contributed by atoms with Crippen molar-refractivity contribution in [2.75, 3.05) is 7.05 Å². The topological polar surface area (TPSA) is 47.0 Å². The number of ether oxygens (including phenoxy) is 1. The van der Waals surface area contributed by atoms with Crippen molar-refractivity contribution in [3.8, 4) is 11.6 Å². The summed E-state index contributed by atoms with van der Waals surface area (Å²) in [4.78, 5) is 8.53.